The summed E-state index contributed by atoms with van der Waals surface area (Å²) in [6.45, 7) is 3.29. The van der Waals surface area contributed by atoms with Gasteiger partial charge in [-0.2, -0.15) is 0 Å². The van der Waals surface area contributed by atoms with Crippen molar-refractivity contribution < 1.29 is 17.9 Å². The summed E-state index contributed by atoms with van der Waals surface area (Å²) in [4.78, 5) is 0.440. The molecule has 3 fully saturated rings. The maximum atomic E-state index is 12.9. The van der Waals surface area contributed by atoms with E-state index in [9.17, 15) is 8.42 Å². The van der Waals surface area contributed by atoms with Crippen LogP contribution in [0, 0.1) is 11.3 Å². The SMILES string of the molecule is C[C@@H]1[C@@]2(COC3CCCCO3)C[C@@]12S(=O)(=O)c1ccccc1. The molecule has 0 radical (unpaired) electrons. The summed E-state index contributed by atoms with van der Waals surface area (Å²) in [6, 6.07) is 8.81. The fourth-order valence-electron chi connectivity index (χ4n) is 4.25. The number of hydrogen-bond donors (Lipinski definition) is 0. The minimum absolute atomic E-state index is 0.145. The molecule has 0 spiro atoms. The van der Waals surface area contributed by atoms with E-state index in [4.69, 9.17) is 9.47 Å². The highest BCUT2D eigenvalue weighted by atomic mass is 32.2. The molecule has 3 aliphatic rings. The van der Waals surface area contributed by atoms with Crippen LogP contribution < -0.4 is 0 Å². The third-order valence-corrected chi connectivity index (χ3v) is 8.69. The van der Waals surface area contributed by atoms with Crippen LogP contribution in [-0.2, 0) is 19.3 Å². The van der Waals surface area contributed by atoms with Crippen LogP contribution >= 0.6 is 0 Å². The summed E-state index contributed by atoms with van der Waals surface area (Å²) in [5.41, 5.74) is -0.178. The van der Waals surface area contributed by atoms with Gasteiger partial charge in [0.15, 0.2) is 16.1 Å². The molecule has 1 heterocycles. The Balaban J connectivity index is 1.48. The monoisotopic (exact) mass is 322 g/mol. The van der Waals surface area contributed by atoms with E-state index in [2.05, 4.69) is 0 Å². The van der Waals surface area contributed by atoms with E-state index in [1.165, 1.54) is 0 Å². The fourth-order valence-corrected chi connectivity index (χ4v) is 7.03. The zero-order chi connectivity index (χ0) is 15.4. The van der Waals surface area contributed by atoms with Crippen LogP contribution in [0.1, 0.15) is 32.6 Å². The van der Waals surface area contributed by atoms with Crippen LogP contribution in [0.5, 0.6) is 0 Å². The minimum Gasteiger partial charge on any atom is -0.353 e. The number of sulfone groups is 1. The molecule has 0 amide bonds. The van der Waals surface area contributed by atoms with Gasteiger partial charge in [0.05, 0.1) is 16.2 Å². The average Bonchev–Trinajstić information content (AvgIpc) is 3.40. The molecule has 1 aliphatic heterocycles. The Morgan fingerprint density at radius 2 is 2.05 bits per heavy atom. The Bertz CT molecular complexity index is 665. The van der Waals surface area contributed by atoms with Crippen molar-refractivity contribution in [2.45, 2.75) is 48.5 Å². The van der Waals surface area contributed by atoms with Crippen LogP contribution in [0.25, 0.3) is 0 Å². The largest absolute Gasteiger partial charge is 0.353 e. The first-order valence-corrected chi connectivity index (χ1v) is 9.56. The van der Waals surface area contributed by atoms with Gasteiger partial charge in [0.1, 0.15) is 0 Å². The van der Waals surface area contributed by atoms with E-state index in [1.54, 1.807) is 24.3 Å². The topological polar surface area (TPSA) is 52.6 Å². The summed E-state index contributed by atoms with van der Waals surface area (Å²) in [5.74, 6) is 0.175. The molecule has 4 atom stereocenters. The van der Waals surface area contributed by atoms with Gasteiger partial charge in [-0.3, -0.25) is 0 Å². The van der Waals surface area contributed by atoms with E-state index in [-0.39, 0.29) is 17.6 Å². The van der Waals surface area contributed by atoms with E-state index in [0.717, 1.165) is 32.3 Å². The third kappa shape index (κ3) is 1.79. The van der Waals surface area contributed by atoms with Crippen molar-refractivity contribution >= 4 is 9.84 Å². The number of benzene rings is 1. The lowest BCUT2D eigenvalue weighted by Gasteiger charge is -2.23. The van der Waals surface area contributed by atoms with Gasteiger partial charge < -0.3 is 9.47 Å². The van der Waals surface area contributed by atoms with E-state index >= 15 is 0 Å². The van der Waals surface area contributed by atoms with Crippen LogP contribution in [0.2, 0.25) is 0 Å². The number of rotatable bonds is 5. The zero-order valence-electron chi connectivity index (χ0n) is 12.8. The first-order chi connectivity index (χ1) is 10.5. The van der Waals surface area contributed by atoms with Gasteiger partial charge in [0.2, 0.25) is 0 Å². The van der Waals surface area contributed by atoms with E-state index < -0.39 is 14.6 Å². The molecule has 4 nitrogen and oxygen atoms in total. The van der Waals surface area contributed by atoms with Crippen LogP contribution in [-0.4, -0.2) is 32.7 Å². The molecule has 5 heteroatoms. The lowest BCUT2D eigenvalue weighted by atomic mass is 10.1. The molecule has 1 unspecified atom stereocenters. The molecule has 22 heavy (non-hydrogen) atoms. The van der Waals surface area contributed by atoms with Crippen molar-refractivity contribution in [2.75, 3.05) is 13.2 Å². The molecule has 0 N–H and O–H groups in total. The van der Waals surface area contributed by atoms with Gasteiger partial charge in [-0.15, -0.1) is 0 Å². The minimum atomic E-state index is -3.27. The summed E-state index contributed by atoms with van der Waals surface area (Å²) in [5, 5.41) is 0. The summed E-state index contributed by atoms with van der Waals surface area (Å²) < 4.78 is 36.8. The molecule has 1 saturated heterocycles. The predicted molar refractivity (Wildman–Crippen MR) is 82.1 cm³/mol. The summed E-state index contributed by atoms with van der Waals surface area (Å²) in [7, 11) is -3.27. The van der Waals surface area contributed by atoms with Gasteiger partial charge in [-0.05, 0) is 43.7 Å². The lowest BCUT2D eigenvalue weighted by Crippen LogP contribution is -2.24. The highest BCUT2D eigenvalue weighted by Gasteiger charge is 2.94. The molecule has 2 saturated carbocycles. The van der Waals surface area contributed by atoms with Crippen molar-refractivity contribution in [3.63, 3.8) is 0 Å². The van der Waals surface area contributed by atoms with Gasteiger partial charge in [0.25, 0.3) is 0 Å². The number of ether oxygens (including phenoxy) is 2. The molecule has 0 bridgehead atoms. The Labute approximate surface area is 131 Å². The summed E-state index contributed by atoms with van der Waals surface area (Å²) >= 11 is 0. The Kier molecular flexibility index (Phi) is 3.19. The quantitative estimate of drug-likeness (QED) is 0.836. The molecular weight excluding hydrogens is 300 g/mol. The molecular formula is C17H22O4S. The van der Waals surface area contributed by atoms with Crippen LogP contribution in [0.3, 0.4) is 0 Å². The smallest absolute Gasteiger partial charge is 0.185 e. The Morgan fingerprint density at radius 3 is 2.68 bits per heavy atom. The Hall–Kier alpha value is -0.910. The first-order valence-electron chi connectivity index (χ1n) is 8.07. The third-order valence-electron chi connectivity index (χ3n) is 5.94. The normalized spacial score (nSPS) is 40.0. The van der Waals surface area contributed by atoms with Crippen LogP contribution in [0.15, 0.2) is 35.2 Å². The van der Waals surface area contributed by atoms with E-state index in [0.29, 0.717) is 11.5 Å². The van der Waals surface area contributed by atoms with E-state index in [1.807, 2.05) is 13.0 Å². The maximum Gasteiger partial charge on any atom is 0.185 e. The first kappa shape index (κ1) is 14.7. The van der Waals surface area contributed by atoms with Crippen molar-refractivity contribution in [3.8, 4) is 0 Å². The second-order valence-electron chi connectivity index (χ2n) is 6.87. The van der Waals surface area contributed by atoms with Gasteiger partial charge in [-0.1, -0.05) is 25.1 Å². The van der Waals surface area contributed by atoms with Gasteiger partial charge in [-0.25, -0.2) is 8.42 Å². The molecule has 4 rings (SSSR count). The fraction of sp³-hybridized carbons (Fsp3) is 0.647. The average molecular weight is 322 g/mol. The second kappa shape index (κ2) is 4.79. The maximum absolute atomic E-state index is 12.9. The van der Waals surface area contributed by atoms with Crippen molar-refractivity contribution in [3.05, 3.63) is 30.3 Å². The van der Waals surface area contributed by atoms with Crippen LogP contribution in [0.4, 0.5) is 0 Å². The highest BCUT2D eigenvalue weighted by Crippen LogP contribution is 2.87. The lowest BCUT2D eigenvalue weighted by molar-refractivity contribution is -0.168. The molecule has 0 aromatic heterocycles. The predicted octanol–water partition coefficient (Wildman–Crippen LogP) is 2.78. The standard InChI is InChI=1S/C17H22O4S/c1-13-16(12-21-15-9-5-6-10-20-15)11-17(13,16)22(18,19)14-7-3-2-4-8-14/h2-4,7-8,13,15H,5-6,9-12H2,1H3/t13-,15?,16+,17-/m1/s1. The highest BCUT2D eigenvalue weighted by molar-refractivity contribution is 7.93. The summed E-state index contributed by atoms with van der Waals surface area (Å²) in [6.07, 6.45) is 3.72. The van der Waals surface area contributed by atoms with Crippen molar-refractivity contribution in [1.29, 1.82) is 0 Å². The molecule has 2 aliphatic carbocycles. The molecule has 1 aromatic rings. The number of fused-ring (bicyclic) bond motifs is 1. The number of hydrogen-bond acceptors (Lipinski definition) is 4. The van der Waals surface area contributed by atoms with Crippen molar-refractivity contribution in [1.82, 2.24) is 0 Å². The molecule has 120 valence electrons. The van der Waals surface area contributed by atoms with Crippen molar-refractivity contribution in [2.24, 2.45) is 11.3 Å². The zero-order valence-corrected chi connectivity index (χ0v) is 13.6. The van der Waals surface area contributed by atoms with Gasteiger partial charge >= 0.3 is 0 Å². The Morgan fingerprint density at radius 1 is 1.27 bits per heavy atom. The van der Waals surface area contributed by atoms with Gasteiger partial charge in [0, 0.05) is 12.0 Å². The second-order valence-corrected chi connectivity index (χ2v) is 9.07. The molecule has 1 aromatic carbocycles.